The van der Waals surface area contributed by atoms with Crippen LogP contribution in [0.5, 0.6) is 0 Å². The van der Waals surface area contributed by atoms with E-state index < -0.39 is 0 Å². The predicted octanol–water partition coefficient (Wildman–Crippen LogP) is 1.78. The molecule has 1 N–H and O–H groups in total. The van der Waals surface area contributed by atoms with Crippen LogP contribution in [0.2, 0.25) is 0 Å². The molecule has 1 aliphatic heterocycles. The molecule has 1 unspecified atom stereocenters. The largest absolute Gasteiger partial charge is 0.464 e. The van der Waals surface area contributed by atoms with Crippen LogP contribution in [0.25, 0.3) is 0 Å². The average Bonchev–Trinajstić information content (AvgIpc) is 2.92. The van der Waals surface area contributed by atoms with Gasteiger partial charge in [0.25, 0.3) is 0 Å². The van der Waals surface area contributed by atoms with Crippen molar-refractivity contribution >= 4 is 11.8 Å². The Morgan fingerprint density at radius 1 is 1.46 bits per heavy atom. The predicted molar refractivity (Wildman–Crippen MR) is 92.4 cm³/mol. The number of carbonyl (C=O) groups is 2. The first-order chi connectivity index (χ1) is 11.4. The number of hydrogen-bond acceptors (Lipinski definition) is 4. The van der Waals surface area contributed by atoms with E-state index in [4.69, 9.17) is 4.42 Å². The second-order valence-electron chi connectivity index (χ2n) is 6.99. The molecule has 0 radical (unpaired) electrons. The number of piperazine rings is 1. The van der Waals surface area contributed by atoms with Gasteiger partial charge in [-0.25, -0.2) is 0 Å². The van der Waals surface area contributed by atoms with Crippen molar-refractivity contribution < 1.29 is 14.0 Å². The number of carbonyl (C=O) groups excluding carboxylic acids is 2. The molecule has 6 heteroatoms. The molecular formula is C18H29N3O3. The Hall–Kier alpha value is -1.82. The van der Waals surface area contributed by atoms with Crippen molar-refractivity contribution in [2.75, 3.05) is 26.7 Å². The highest BCUT2D eigenvalue weighted by atomic mass is 16.3. The SMILES string of the molecule is Cc1ccc(CN(C)C(=O)CC2C(=O)NCCN2CCC(C)C)o1. The van der Waals surface area contributed by atoms with E-state index in [0.717, 1.165) is 31.0 Å². The van der Waals surface area contributed by atoms with Gasteiger partial charge in [-0.05, 0) is 37.9 Å². The van der Waals surface area contributed by atoms with Crippen LogP contribution >= 0.6 is 0 Å². The lowest BCUT2D eigenvalue weighted by atomic mass is 10.0. The summed E-state index contributed by atoms with van der Waals surface area (Å²) in [5, 5.41) is 2.88. The van der Waals surface area contributed by atoms with Crippen LogP contribution in [-0.4, -0.2) is 54.3 Å². The lowest BCUT2D eigenvalue weighted by molar-refractivity contribution is -0.138. The zero-order valence-corrected chi connectivity index (χ0v) is 15.2. The molecule has 1 saturated heterocycles. The highest BCUT2D eigenvalue weighted by Crippen LogP contribution is 2.15. The second-order valence-corrected chi connectivity index (χ2v) is 6.99. The average molecular weight is 335 g/mol. The number of nitrogens with one attached hydrogen (secondary N) is 1. The zero-order valence-electron chi connectivity index (χ0n) is 15.2. The Morgan fingerprint density at radius 2 is 2.21 bits per heavy atom. The van der Waals surface area contributed by atoms with Crippen LogP contribution in [-0.2, 0) is 16.1 Å². The monoisotopic (exact) mass is 335 g/mol. The van der Waals surface area contributed by atoms with E-state index in [1.165, 1.54) is 0 Å². The molecule has 0 saturated carbocycles. The maximum Gasteiger partial charge on any atom is 0.237 e. The van der Waals surface area contributed by atoms with Gasteiger partial charge in [0.2, 0.25) is 11.8 Å². The van der Waals surface area contributed by atoms with E-state index in [2.05, 4.69) is 24.1 Å². The molecule has 1 atom stereocenters. The molecular weight excluding hydrogens is 306 g/mol. The van der Waals surface area contributed by atoms with Crippen molar-refractivity contribution in [2.24, 2.45) is 5.92 Å². The van der Waals surface area contributed by atoms with E-state index in [1.54, 1.807) is 11.9 Å². The third-order valence-electron chi connectivity index (χ3n) is 4.42. The van der Waals surface area contributed by atoms with Crippen LogP contribution in [0.4, 0.5) is 0 Å². The number of furan rings is 1. The third kappa shape index (κ3) is 5.09. The molecule has 24 heavy (non-hydrogen) atoms. The van der Waals surface area contributed by atoms with Gasteiger partial charge in [0.05, 0.1) is 19.0 Å². The number of aryl methyl sites for hydroxylation is 1. The van der Waals surface area contributed by atoms with E-state index in [-0.39, 0.29) is 24.3 Å². The number of amides is 2. The molecule has 2 rings (SSSR count). The fourth-order valence-corrected chi connectivity index (χ4v) is 2.89. The van der Waals surface area contributed by atoms with Gasteiger partial charge in [0.1, 0.15) is 11.5 Å². The van der Waals surface area contributed by atoms with E-state index in [9.17, 15) is 9.59 Å². The maximum atomic E-state index is 12.5. The first-order valence-corrected chi connectivity index (χ1v) is 8.68. The summed E-state index contributed by atoms with van der Waals surface area (Å²) in [5.41, 5.74) is 0. The van der Waals surface area contributed by atoms with Gasteiger partial charge in [0.15, 0.2) is 0 Å². The van der Waals surface area contributed by atoms with Gasteiger partial charge in [-0.2, -0.15) is 0 Å². The number of hydrogen-bond donors (Lipinski definition) is 1. The van der Waals surface area contributed by atoms with Crippen molar-refractivity contribution in [3.63, 3.8) is 0 Å². The molecule has 1 aromatic heterocycles. The molecule has 6 nitrogen and oxygen atoms in total. The molecule has 1 aliphatic rings. The smallest absolute Gasteiger partial charge is 0.237 e. The first-order valence-electron chi connectivity index (χ1n) is 8.68. The third-order valence-corrected chi connectivity index (χ3v) is 4.42. The van der Waals surface area contributed by atoms with Crippen LogP contribution < -0.4 is 5.32 Å². The Labute approximate surface area is 144 Å². The van der Waals surface area contributed by atoms with Gasteiger partial charge in [0, 0.05) is 20.1 Å². The highest BCUT2D eigenvalue weighted by Gasteiger charge is 2.32. The van der Waals surface area contributed by atoms with Crippen molar-refractivity contribution in [1.29, 1.82) is 0 Å². The van der Waals surface area contributed by atoms with Crippen molar-refractivity contribution in [3.8, 4) is 0 Å². The number of rotatable bonds is 7. The minimum Gasteiger partial charge on any atom is -0.464 e. The van der Waals surface area contributed by atoms with Crippen LogP contribution in [0, 0.1) is 12.8 Å². The molecule has 2 amide bonds. The summed E-state index contributed by atoms with van der Waals surface area (Å²) in [6, 6.07) is 3.39. The molecule has 134 valence electrons. The Bertz CT molecular complexity index is 568. The molecule has 1 aromatic rings. The van der Waals surface area contributed by atoms with E-state index >= 15 is 0 Å². The molecule has 2 heterocycles. The quantitative estimate of drug-likeness (QED) is 0.825. The van der Waals surface area contributed by atoms with Crippen LogP contribution in [0.15, 0.2) is 16.5 Å². The normalized spacial score (nSPS) is 18.7. The van der Waals surface area contributed by atoms with E-state index in [1.807, 2.05) is 19.1 Å². The number of nitrogens with zero attached hydrogens (tertiary/aromatic N) is 2. The van der Waals surface area contributed by atoms with Gasteiger partial charge in [-0.15, -0.1) is 0 Å². The first kappa shape index (κ1) is 18.5. The molecule has 0 aliphatic carbocycles. The van der Waals surface area contributed by atoms with Crippen LogP contribution in [0.1, 0.15) is 38.2 Å². The molecule has 0 bridgehead atoms. The van der Waals surface area contributed by atoms with Gasteiger partial charge >= 0.3 is 0 Å². The Kier molecular flexibility index (Phi) is 6.43. The maximum absolute atomic E-state index is 12.5. The Balaban J connectivity index is 1.94. The fourth-order valence-electron chi connectivity index (χ4n) is 2.89. The molecule has 0 spiro atoms. The highest BCUT2D eigenvalue weighted by molar-refractivity contribution is 5.88. The van der Waals surface area contributed by atoms with Crippen molar-refractivity contribution in [1.82, 2.24) is 15.1 Å². The lowest BCUT2D eigenvalue weighted by Gasteiger charge is -2.35. The summed E-state index contributed by atoms with van der Waals surface area (Å²) < 4.78 is 5.52. The minimum absolute atomic E-state index is 0.0411. The molecule has 0 aromatic carbocycles. The summed E-state index contributed by atoms with van der Waals surface area (Å²) in [5.74, 6) is 2.09. The topological polar surface area (TPSA) is 65.8 Å². The lowest BCUT2D eigenvalue weighted by Crippen LogP contribution is -2.56. The Morgan fingerprint density at radius 3 is 2.83 bits per heavy atom. The van der Waals surface area contributed by atoms with Gasteiger partial charge in [-0.1, -0.05) is 13.8 Å². The second kappa shape index (κ2) is 8.33. The summed E-state index contributed by atoms with van der Waals surface area (Å²) in [6.07, 6.45) is 1.24. The van der Waals surface area contributed by atoms with Gasteiger partial charge in [-0.3, -0.25) is 14.5 Å². The van der Waals surface area contributed by atoms with E-state index in [0.29, 0.717) is 19.0 Å². The zero-order chi connectivity index (χ0) is 17.7. The summed E-state index contributed by atoms with van der Waals surface area (Å²) in [7, 11) is 1.75. The van der Waals surface area contributed by atoms with Crippen molar-refractivity contribution in [3.05, 3.63) is 23.7 Å². The summed E-state index contributed by atoms with van der Waals surface area (Å²) in [4.78, 5) is 28.5. The standard InChI is InChI=1S/C18H29N3O3/c1-13(2)7-9-21-10-8-19-18(23)16(21)11-17(22)20(4)12-15-6-5-14(3)24-15/h5-6,13,16H,7-12H2,1-4H3,(H,19,23). The van der Waals surface area contributed by atoms with Crippen molar-refractivity contribution in [2.45, 2.75) is 46.2 Å². The summed E-state index contributed by atoms with van der Waals surface area (Å²) >= 11 is 0. The fraction of sp³-hybridized carbons (Fsp3) is 0.667. The minimum atomic E-state index is -0.370. The molecule has 1 fully saturated rings. The summed E-state index contributed by atoms with van der Waals surface area (Å²) in [6.45, 7) is 8.95. The van der Waals surface area contributed by atoms with Crippen LogP contribution in [0.3, 0.4) is 0 Å². The van der Waals surface area contributed by atoms with Gasteiger partial charge < -0.3 is 14.6 Å².